The number of hydrogen-bond donors (Lipinski definition) is 3. The standard InChI is InChI=1S/C11H18N2O3S/c1-6(10(14)15)3-2-4-8-9-7(5-17-8)12-11(16)13-9/h6-9H,2-5H2,1H3,(H,14,15)(H2,12,13,16)/t6-,7+,8+,9-/m1/s1. The fraction of sp³-hybridized carbons (Fsp3) is 0.818. The normalized spacial score (nSPS) is 32.8. The first-order valence-corrected chi connectivity index (χ1v) is 7.04. The molecule has 0 aliphatic carbocycles. The molecule has 0 aromatic heterocycles. The predicted molar refractivity (Wildman–Crippen MR) is 66.1 cm³/mol. The van der Waals surface area contributed by atoms with E-state index in [9.17, 15) is 9.59 Å². The van der Waals surface area contributed by atoms with Crippen LogP contribution in [0.25, 0.3) is 0 Å². The topological polar surface area (TPSA) is 78.4 Å². The van der Waals surface area contributed by atoms with Crippen LogP contribution in [0.5, 0.6) is 0 Å². The fourth-order valence-corrected chi connectivity index (χ4v) is 3.94. The maximum absolute atomic E-state index is 11.2. The molecule has 0 spiro atoms. The summed E-state index contributed by atoms with van der Waals surface area (Å²) in [5.41, 5.74) is 0. The van der Waals surface area contributed by atoms with E-state index in [-0.39, 0.29) is 24.0 Å². The molecule has 2 saturated heterocycles. The average Bonchev–Trinajstić information content (AvgIpc) is 2.78. The minimum atomic E-state index is -0.724. The van der Waals surface area contributed by atoms with Crippen molar-refractivity contribution >= 4 is 23.8 Å². The molecule has 0 aromatic carbocycles. The van der Waals surface area contributed by atoms with E-state index < -0.39 is 5.97 Å². The van der Waals surface area contributed by atoms with Crippen LogP contribution in [0.2, 0.25) is 0 Å². The molecule has 5 nitrogen and oxygen atoms in total. The molecule has 2 heterocycles. The van der Waals surface area contributed by atoms with E-state index in [1.807, 2.05) is 11.8 Å². The van der Waals surface area contributed by atoms with E-state index in [4.69, 9.17) is 5.11 Å². The number of fused-ring (bicyclic) bond motifs is 1. The Morgan fingerprint density at radius 1 is 1.59 bits per heavy atom. The van der Waals surface area contributed by atoms with Gasteiger partial charge in [-0.2, -0.15) is 11.8 Å². The molecule has 0 aromatic rings. The van der Waals surface area contributed by atoms with Crippen LogP contribution in [0.3, 0.4) is 0 Å². The first-order chi connectivity index (χ1) is 8.08. The number of thioether (sulfide) groups is 1. The van der Waals surface area contributed by atoms with E-state index in [0.29, 0.717) is 11.7 Å². The van der Waals surface area contributed by atoms with E-state index in [0.717, 1.165) is 18.6 Å². The highest BCUT2D eigenvalue weighted by Crippen LogP contribution is 2.33. The van der Waals surface area contributed by atoms with Gasteiger partial charge in [-0.3, -0.25) is 4.79 Å². The molecule has 4 atom stereocenters. The molecule has 2 rings (SSSR count). The van der Waals surface area contributed by atoms with Crippen LogP contribution >= 0.6 is 11.8 Å². The monoisotopic (exact) mass is 258 g/mol. The highest BCUT2D eigenvalue weighted by atomic mass is 32.2. The molecule has 96 valence electrons. The molecule has 17 heavy (non-hydrogen) atoms. The SMILES string of the molecule is C[C@H](CCC[C@@H]1SC[C@@H]2NC(=O)N[C@H]21)C(=O)O. The van der Waals surface area contributed by atoms with E-state index >= 15 is 0 Å². The summed E-state index contributed by atoms with van der Waals surface area (Å²) in [7, 11) is 0. The van der Waals surface area contributed by atoms with Gasteiger partial charge in [-0.25, -0.2) is 4.79 Å². The second kappa shape index (κ2) is 5.16. The zero-order valence-electron chi connectivity index (χ0n) is 9.81. The molecular weight excluding hydrogens is 240 g/mol. The molecule has 0 bridgehead atoms. The zero-order valence-corrected chi connectivity index (χ0v) is 10.6. The number of rotatable bonds is 5. The summed E-state index contributed by atoms with van der Waals surface area (Å²) in [6.45, 7) is 1.74. The lowest BCUT2D eigenvalue weighted by Gasteiger charge is -2.17. The Kier molecular flexibility index (Phi) is 3.81. The fourth-order valence-electron chi connectivity index (χ4n) is 2.39. The van der Waals surface area contributed by atoms with Crippen LogP contribution < -0.4 is 10.6 Å². The number of nitrogens with one attached hydrogen (secondary N) is 2. The summed E-state index contributed by atoms with van der Waals surface area (Å²) in [6.07, 6.45) is 2.60. The molecule has 0 radical (unpaired) electrons. The van der Waals surface area contributed by atoms with E-state index in [1.165, 1.54) is 0 Å². The van der Waals surface area contributed by atoms with Crippen molar-refractivity contribution in [3.05, 3.63) is 0 Å². The lowest BCUT2D eigenvalue weighted by atomic mass is 9.99. The molecular formula is C11H18N2O3S. The van der Waals surface area contributed by atoms with Crippen molar-refractivity contribution in [1.82, 2.24) is 10.6 Å². The minimum absolute atomic E-state index is 0.0656. The predicted octanol–water partition coefficient (Wildman–Crippen LogP) is 1.04. The lowest BCUT2D eigenvalue weighted by molar-refractivity contribution is -0.141. The average molecular weight is 258 g/mol. The molecule has 2 aliphatic heterocycles. The Balaban J connectivity index is 1.73. The molecule has 2 amide bonds. The molecule has 2 aliphatic rings. The zero-order chi connectivity index (χ0) is 12.4. The Morgan fingerprint density at radius 3 is 3.06 bits per heavy atom. The van der Waals surface area contributed by atoms with Crippen LogP contribution in [-0.2, 0) is 4.79 Å². The van der Waals surface area contributed by atoms with Crippen LogP contribution in [0.1, 0.15) is 26.2 Å². The third-order valence-electron chi connectivity index (χ3n) is 3.49. The van der Waals surface area contributed by atoms with Crippen molar-refractivity contribution in [2.75, 3.05) is 5.75 Å². The quantitative estimate of drug-likeness (QED) is 0.644. The third-order valence-corrected chi connectivity index (χ3v) is 4.99. The van der Waals surface area contributed by atoms with Crippen LogP contribution in [0.15, 0.2) is 0 Å². The number of carbonyl (C=O) groups excluding carboxylic acids is 1. The highest BCUT2D eigenvalue weighted by Gasteiger charge is 2.42. The van der Waals surface area contributed by atoms with Gasteiger partial charge < -0.3 is 15.7 Å². The van der Waals surface area contributed by atoms with Gasteiger partial charge in [0.05, 0.1) is 18.0 Å². The molecule has 0 saturated carbocycles. The number of amides is 2. The summed E-state index contributed by atoms with van der Waals surface area (Å²) in [4.78, 5) is 21.8. The Labute approximate surface area is 105 Å². The first-order valence-electron chi connectivity index (χ1n) is 5.99. The number of aliphatic carboxylic acids is 1. The first kappa shape index (κ1) is 12.5. The number of hydrogen-bond acceptors (Lipinski definition) is 3. The smallest absolute Gasteiger partial charge is 0.315 e. The van der Waals surface area contributed by atoms with E-state index in [1.54, 1.807) is 6.92 Å². The van der Waals surface area contributed by atoms with Gasteiger partial charge in [-0.15, -0.1) is 0 Å². The Morgan fingerprint density at radius 2 is 2.35 bits per heavy atom. The van der Waals surface area contributed by atoms with E-state index in [2.05, 4.69) is 10.6 Å². The molecule has 0 unspecified atom stereocenters. The second-order valence-electron chi connectivity index (χ2n) is 4.79. The largest absolute Gasteiger partial charge is 0.481 e. The number of urea groups is 1. The Bertz CT molecular complexity index is 324. The van der Waals surface area contributed by atoms with Crippen molar-refractivity contribution < 1.29 is 14.7 Å². The molecule has 3 N–H and O–H groups in total. The number of carboxylic acid groups (broad SMARTS) is 1. The van der Waals surface area contributed by atoms with Gasteiger partial charge in [0.25, 0.3) is 0 Å². The summed E-state index contributed by atoms with van der Waals surface area (Å²) >= 11 is 1.87. The maximum atomic E-state index is 11.2. The van der Waals surface area contributed by atoms with Gasteiger partial charge in [0.1, 0.15) is 0 Å². The lowest BCUT2D eigenvalue weighted by Crippen LogP contribution is -2.36. The van der Waals surface area contributed by atoms with Crippen LogP contribution in [0.4, 0.5) is 4.79 Å². The Hall–Kier alpha value is -0.910. The molecule has 6 heteroatoms. The van der Waals surface area contributed by atoms with Gasteiger partial charge in [0.2, 0.25) is 0 Å². The summed E-state index contributed by atoms with van der Waals surface area (Å²) in [6, 6.07) is 0.422. The van der Waals surface area contributed by atoms with Crippen molar-refractivity contribution in [3.63, 3.8) is 0 Å². The van der Waals surface area contributed by atoms with Gasteiger partial charge in [0, 0.05) is 11.0 Å². The summed E-state index contributed by atoms with van der Waals surface area (Å²) in [5.74, 6) is -0.0333. The summed E-state index contributed by atoms with van der Waals surface area (Å²) in [5, 5.41) is 15.1. The number of carboxylic acids is 1. The second-order valence-corrected chi connectivity index (χ2v) is 6.06. The highest BCUT2D eigenvalue weighted by molar-refractivity contribution is 8.00. The van der Waals surface area contributed by atoms with Gasteiger partial charge >= 0.3 is 12.0 Å². The minimum Gasteiger partial charge on any atom is -0.481 e. The van der Waals surface area contributed by atoms with Crippen LogP contribution in [-0.4, -0.2) is 40.2 Å². The third kappa shape index (κ3) is 2.86. The van der Waals surface area contributed by atoms with Crippen molar-refractivity contribution in [1.29, 1.82) is 0 Å². The van der Waals surface area contributed by atoms with Crippen molar-refractivity contribution in [3.8, 4) is 0 Å². The van der Waals surface area contributed by atoms with Crippen molar-refractivity contribution in [2.45, 2.75) is 43.5 Å². The number of carbonyl (C=O) groups is 2. The van der Waals surface area contributed by atoms with Gasteiger partial charge in [-0.1, -0.05) is 13.3 Å². The van der Waals surface area contributed by atoms with Crippen molar-refractivity contribution in [2.24, 2.45) is 5.92 Å². The van der Waals surface area contributed by atoms with Gasteiger partial charge in [-0.05, 0) is 12.8 Å². The summed E-state index contributed by atoms with van der Waals surface area (Å²) < 4.78 is 0. The van der Waals surface area contributed by atoms with Crippen LogP contribution in [0, 0.1) is 5.92 Å². The maximum Gasteiger partial charge on any atom is 0.315 e. The molecule has 2 fully saturated rings. The van der Waals surface area contributed by atoms with Gasteiger partial charge in [0.15, 0.2) is 0 Å².